The van der Waals surface area contributed by atoms with Gasteiger partial charge in [-0.1, -0.05) is 19.0 Å². The van der Waals surface area contributed by atoms with Crippen molar-refractivity contribution in [3.8, 4) is 17.1 Å². The lowest BCUT2D eigenvalue weighted by Gasteiger charge is -2.31. The van der Waals surface area contributed by atoms with Gasteiger partial charge in [-0.15, -0.1) is 0 Å². The number of aromatic nitrogens is 2. The van der Waals surface area contributed by atoms with Crippen LogP contribution in [0.25, 0.3) is 11.4 Å². The minimum atomic E-state index is -0.364. The summed E-state index contributed by atoms with van der Waals surface area (Å²) in [5.74, 6) is 2.30. The number of hydrogen-bond donors (Lipinski definition) is 2. The normalized spacial score (nSPS) is 13.4. The third-order valence-electron chi connectivity index (χ3n) is 4.36. The van der Waals surface area contributed by atoms with Crippen molar-refractivity contribution in [3.05, 3.63) is 30.2 Å². The summed E-state index contributed by atoms with van der Waals surface area (Å²) in [7, 11) is 1.62. The third kappa shape index (κ3) is 6.36. The van der Waals surface area contributed by atoms with Crippen LogP contribution in [-0.2, 0) is 11.2 Å². The van der Waals surface area contributed by atoms with E-state index in [0.29, 0.717) is 43.4 Å². The van der Waals surface area contributed by atoms with E-state index in [4.69, 9.17) is 15.0 Å². The van der Waals surface area contributed by atoms with E-state index in [0.717, 1.165) is 17.7 Å². The van der Waals surface area contributed by atoms with E-state index in [1.54, 1.807) is 7.11 Å². The Labute approximate surface area is 160 Å². The van der Waals surface area contributed by atoms with E-state index in [9.17, 15) is 4.79 Å². The zero-order chi connectivity index (χ0) is 19.9. The quantitative estimate of drug-likeness (QED) is 0.663. The highest BCUT2D eigenvalue weighted by Gasteiger charge is 2.25. The van der Waals surface area contributed by atoms with E-state index in [2.05, 4.69) is 29.3 Å². The van der Waals surface area contributed by atoms with Crippen LogP contribution in [-0.4, -0.2) is 35.2 Å². The molecule has 0 saturated heterocycles. The number of ether oxygens (including phenoxy) is 1. The largest absolute Gasteiger partial charge is 0.497 e. The van der Waals surface area contributed by atoms with Crippen LogP contribution in [0, 0.1) is 5.92 Å². The number of nitrogens with two attached hydrogens (primary N) is 1. The monoisotopic (exact) mass is 374 g/mol. The van der Waals surface area contributed by atoms with Gasteiger partial charge < -0.3 is 20.3 Å². The van der Waals surface area contributed by atoms with Crippen LogP contribution in [0.2, 0.25) is 0 Å². The van der Waals surface area contributed by atoms with Gasteiger partial charge in [-0.2, -0.15) is 4.98 Å². The maximum absolute atomic E-state index is 12.2. The zero-order valence-electron chi connectivity index (χ0n) is 16.6. The van der Waals surface area contributed by atoms with Gasteiger partial charge in [0.1, 0.15) is 5.75 Å². The van der Waals surface area contributed by atoms with E-state index in [-0.39, 0.29) is 11.4 Å². The van der Waals surface area contributed by atoms with E-state index < -0.39 is 0 Å². The van der Waals surface area contributed by atoms with Crippen LogP contribution in [0.15, 0.2) is 28.8 Å². The molecule has 0 spiro atoms. The molecule has 27 heavy (non-hydrogen) atoms. The number of benzene rings is 1. The highest BCUT2D eigenvalue weighted by molar-refractivity contribution is 5.76. The maximum Gasteiger partial charge on any atom is 0.226 e. The third-order valence-corrected chi connectivity index (χ3v) is 4.36. The Morgan fingerprint density at radius 2 is 2.04 bits per heavy atom. The molecule has 1 aromatic heterocycles. The summed E-state index contributed by atoms with van der Waals surface area (Å²) in [5, 5.41) is 7.06. The second-order valence-corrected chi connectivity index (χ2v) is 7.50. The molecule has 148 valence electrons. The number of carbonyl (C=O) groups is 1. The van der Waals surface area contributed by atoms with Gasteiger partial charge in [-0.3, -0.25) is 4.79 Å². The molecule has 0 aliphatic carbocycles. The summed E-state index contributed by atoms with van der Waals surface area (Å²) in [6, 6.07) is 7.45. The fraction of sp³-hybridized carbons (Fsp3) is 0.550. The van der Waals surface area contributed by atoms with Crippen molar-refractivity contribution >= 4 is 5.91 Å². The van der Waals surface area contributed by atoms with Crippen molar-refractivity contribution < 1.29 is 14.1 Å². The minimum absolute atomic E-state index is 0.00140. The predicted molar refractivity (Wildman–Crippen MR) is 104 cm³/mol. The lowest BCUT2D eigenvalue weighted by Crippen LogP contribution is -2.52. The van der Waals surface area contributed by atoms with E-state index in [1.807, 2.05) is 31.2 Å². The van der Waals surface area contributed by atoms with Crippen molar-refractivity contribution in [2.75, 3.05) is 13.7 Å². The summed E-state index contributed by atoms with van der Waals surface area (Å²) < 4.78 is 10.4. The van der Waals surface area contributed by atoms with Crippen LogP contribution in [0.1, 0.15) is 45.9 Å². The summed E-state index contributed by atoms with van der Waals surface area (Å²) in [6.07, 6.45) is 2.44. The van der Waals surface area contributed by atoms with Gasteiger partial charge in [0.05, 0.1) is 7.11 Å². The van der Waals surface area contributed by atoms with Gasteiger partial charge in [0.25, 0.3) is 0 Å². The Balaban J connectivity index is 1.83. The number of methoxy groups -OCH3 is 1. The smallest absolute Gasteiger partial charge is 0.226 e. The topological polar surface area (TPSA) is 103 Å². The SMILES string of the molecule is COc1ccc(-c2noc(CCCC(=O)NC(C)(CN)CC(C)C)n2)cc1. The molecule has 1 heterocycles. The molecule has 1 aromatic carbocycles. The van der Waals surface area contributed by atoms with Crippen molar-refractivity contribution in [3.63, 3.8) is 0 Å². The van der Waals surface area contributed by atoms with Gasteiger partial charge >= 0.3 is 0 Å². The molecule has 1 unspecified atom stereocenters. The summed E-state index contributed by atoms with van der Waals surface area (Å²) in [6.45, 7) is 6.65. The number of hydrogen-bond acceptors (Lipinski definition) is 6. The molecule has 7 nitrogen and oxygen atoms in total. The molecule has 0 aliphatic heterocycles. The van der Waals surface area contributed by atoms with Gasteiger partial charge in [0, 0.05) is 30.5 Å². The maximum atomic E-state index is 12.2. The number of aryl methyl sites for hydroxylation is 1. The Morgan fingerprint density at radius 3 is 2.63 bits per heavy atom. The molecule has 2 rings (SSSR count). The van der Waals surface area contributed by atoms with Gasteiger partial charge in [-0.05, 0) is 49.9 Å². The second kappa shape index (κ2) is 9.50. The summed E-state index contributed by atoms with van der Waals surface area (Å²) >= 11 is 0. The number of nitrogens with zero attached hydrogens (tertiary/aromatic N) is 2. The first kappa shape index (κ1) is 20.9. The molecular weight excluding hydrogens is 344 g/mol. The molecular formula is C20H30N4O3. The summed E-state index contributed by atoms with van der Waals surface area (Å²) in [4.78, 5) is 16.6. The molecule has 3 N–H and O–H groups in total. The standard InChI is InChI=1S/C20H30N4O3/c1-14(2)12-20(3,13-21)23-17(25)6-5-7-18-22-19(24-27-18)15-8-10-16(26-4)11-9-15/h8-11,14H,5-7,12-13,21H2,1-4H3,(H,23,25). The average Bonchev–Trinajstić information content (AvgIpc) is 3.10. The Bertz CT molecular complexity index is 727. The van der Waals surface area contributed by atoms with Crippen molar-refractivity contribution in [1.29, 1.82) is 0 Å². The Hall–Kier alpha value is -2.41. The van der Waals surface area contributed by atoms with Crippen molar-refractivity contribution in [1.82, 2.24) is 15.5 Å². The van der Waals surface area contributed by atoms with Crippen LogP contribution in [0.5, 0.6) is 5.75 Å². The molecule has 1 amide bonds. The van der Waals surface area contributed by atoms with Crippen molar-refractivity contribution in [2.24, 2.45) is 11.7 Å². The molecule has 7 heteroatoms. The van der Waals surface area contributed by atoms with E-state index >= 15 is 0 Å². The fourth-order valence-corrected chi connectivity index (χ4v) is 3.10. The first-order chi connectivity index (χ1) is 12.8. The van der Waals surface area contributed by atoms with Crippen LogP contribution >= 0.6 is 0 Å². The first-order valence-corrected chi connectivity index (χ1v) is 9.33. The Morgan fingerprint density at radius 1 is 1.33 bits per heavy atom. The summed E-state index contributed by atoms with van der Waals surface area (Å²) in [5.41, 5.74) is 6.34. The molecule has 0 bridgehead atoms. The lowest BCUT2D eigenvalue weighted by atomic mass is 9.90. The lowest BCUT2D eigenvalue weighted by molar-refractivity contribution is -0.123. The number of rotatable bonds is 10. The van der Waals surface area contributed by atoms with Gasteiger partial charge in [0.2, 0.25) is 17.6 Å². The first-order valence-electron chi connectivity index (χ1n) is 9.33. The second-order valence-electron chi connectivity index (χ2n) is 7.50. The number of nitrogens with one attached hydrogen (secondary N) is 1. The van der Waals surface area contributed by atoms with Crippen LogP contribution < -0.4 is 15.8 Å². The molecule has 0 aliphatic rings. The minimum Gasteiger partial charge on any atom is -0.497 e. The zero-order valence-corrected chi connectivity index (χ0v) is 16.6. The van der Waals surface area contributed by atoms with Crippen molar-refractivity contribution in [2.45, 2.75) is 52.0 Å². The van der Waals surface area contributed by atoms with E-state index in [1.165, 1.54) is 0 Å². The predicted octanol–water partition coefficient (Wildman–Crippen LogP) is 2.95. The Kier molecular flexibility index (Phi) is 7.36. The number of carbonyl (C=O) groups excluding carboxylic acids is 1. The van der Waals surface area contributed by atoms with Crippen LogP contribution in [0.4, 0.5) is 0 Å². The number of amides is 1. The highest BCUT2D eigenvalue weighted by atomic mass is 16.5. The molecule has 0 saturated carbocycles. The van der Waals surface area contributed by atoms with Gasteiger partial charge in [0.15, 0.2) is 0 Å². The average molecular weight is 374 g/mol. The fourth-order valence-electron chi connectivity index (χ4n) is 3.10. The molecule has 0 fully saturated rings. The highest BCUT2D eigenvalue weighted by Crippen LogP contribution is 2.20. The van der Waals surface area contributed by atoms with Gasteiger partial charge in [-0.25, -0.2) is 0 Å². The van der Waals surface area contributed by atoms with Crippen LogP contribution in [0.3, 0.4) is 0 Å². The molecule has 0 radical (unpaired) electrons. The molecule has 1 atom stereocenters. The molecule has 2 aromatic rings.